The molecular weight excluding hydrogens is 570 g/mol. The molecule has 43 heavy (non-hydrogen) atoms. The number of hydrogen-bond donors (Lipinski definition) is 0. The van der Waals surface area contributed by atoms with E-state index in [-0.39, 0.29) is 18.1 Å². The molecule has 1 unspecified atom stereocenters. The molecule has 2 fully saturated rings. The molecule has 2 aromatic carbocycles. The van der Waals surface area contributed by atoms with Gasteiger partial charge in [0.15, 0.2) is 11.5 Å². The van der Waals surface area contributed by atoms with Gasteiger partial charge in [-0.2, -0.15) is 0 Å². The van der Waals surface area contributed by atoms with Crippen molar-refractivity contribution in [3.05, 3.63) is 76.8 Å². The first-order valence-electron chi connectivity index (χ1n) is 14.6. The number of carbonyl (C=O) groups is 1. The molecule has 2 saturated heterocycles. The topological polar surface area (TPSA) is 91.2 Å². The molecular formula is C32H34ClN5O5. The van der Waals surface area contributed by atoms with Crippen molar-refractivity contribution in [2.24, 2.45) is 0 Å². The summed E-state index contributed by atoms with van der Waals surface area (Å²) in [5, 5.41) is 0.563. The molecule has 0 amide bonds. The molecule has 224 valence electrons. The van der Waals surface area contributed by atoms with Crippen molar-refractivity contribution in [1.82, 2.24) is 19.4 Å². The molecule has 3 aliphatic heterocycles. The maximum absolute atomic E-state index is 12.3. The third-order valence-electron chi connectivity index (χ3n) is 8.71. The number of fused-ring (bicyclic) bond motifs is 2. The molecule has 3 atom stereocenters. The maximum Gasteiger partial charge on any atom is 0.337 e. The standard InChI is InChI=1S/C32H34ClN5O5/c1-20(30-35-24-9-7-21(31(39)40-3)17-26(24)38(30)19-23-11-16-41-23)36-12-14-37(15-13-36)25-5-4-6-27-29(25)43-32(2,42-27)28-10-8-22(33)18-34-28/h4-10,17-18,20,23H,11-16,19H2,1-3H3/t20-,23-,32?/m0/s1. The zero-order valence-electron chi connectivity index (χ0n) is 24.5. The average molecular weight is 604 g/mol. The molecule has 0 radical (unpaired) electrons. The smallest absolute Gasteiger partial charge is 0.337 e. The fourth-order valence-corrected chi connectivity index (χ4v) is 6.27. The van der Waals surface area contributed by atoms with Crippen molar-refractivity contribution in [2.45, 2.75) is 44.7 Å². The number of carbonyl (C=O) groups excluding carboxylic acids is 1. The highest BCUT2D eigenvalue weighted by atomic mass is 35.5. The fraction of sp³-hybridized carbons (Fsp3) is 0.406. The number of ether oxygens (including phenoxy) is 4. The quantitative estimate of drug-likeness (QED) is 0.265. The van der Waals surface area contributed by atoms with E-state index in [9.17, 15) is 4.79 Å². The lowest BCUT2D eigenvalue weighted by molar-refractivity contribution is -0.0716. The Bertz CT molecular complexity index is 1660. The molecule has 2 aromatic heterocycles. The normalized spacial score (nSPS) is 22.4. The first-order valence-corrected chi connectivity index (χ1v) is 15.0. The predicted octanol–water partition coefficient (Wildman–Crippen LogP) is 5.19. The van der Waals surface area contributed by atoms with Crippen LogP contribution >= 0.6 is 11.6 Å². The van der Waals surface area contributed by atoms with Crippen LogP contribution in [-0.2, 0) is 21.8 Å². The molecule has 0 bridgehead atoms. The van der Waals surface area contributed by atoms with E-state index in [0.717, 1.165) is 67.5 Å². The van der Waals surface area contributed by atoms with E-state index in [4.69, 9.17) is 35.5 Å². The Labute approximate surface area is 255 Å². The summed E-state index contributed by atoms with van der Waals surface area (Å²) in [5.74, 6) is 1.02. The van der Waals surface area contributed by atoms with Gasteiger partial charge >= 0.3 is 5.97 Å². The highest BCUT2D eigenvalue weighted by molar-refractivity contribution is 6.30. The molecule has 3 aliphatic rings. The Balaban J connectivity index is 1.10. The number of halogens is 1. The van der Waals surface area contributed by atoms with Gasteiger partial charge in [0.2, 0.25) is 0 Å². The van der Waals surface area contributed by atoms with Gasteiger partial charge in [0.1, 0.15) is 11.5 Å². The van der Waals surface area contributed by atoms with Crippen molar-refractivity contribution in [2.75, 3.05) is 44.8 Å². The molecule has 4 aromatic rings. The summed E-state index contributed by atoms with van der Waals surface area (Å²) in [6.07, 6.45) is 2.77. The number of rotatable bonds is 7. The summed E-state index contributed by atoms with van der Waals surface area (Å²) in [6.45, 7) is 8.90. The summed E-state index contributed by atoms with van der Waals surface area (Å²) in [4.78, 5) is 26.6. The van der Waals surface area contributed by atoms with Crippen LogP contribution in [0.5, 0.6) is 11.5 Å². The van der Waals surface area contributed by atoms with Crippen LogP contribution in [0, 0.1) is 0 Å². The number of para-hydroxylation sites is 1. The van der Waals surface area contributed by atoms with E-state index >= 15 is 0 Å². The zero-order valence-corrected chi connectivity index (χ0v) is 25.2. The van der Waals surface area contributed by atoms with E-state index in [1.54, 1.807) is 18.3 Å². The van der Waals surface area contributed by atoms with E-state index < -0.39 is 5.79 Å². The second-order valence-corrected chi connectivity index (χ2v) is 11.8. The van der Waals surface area contributed by atoms with Crippen molar-refractivity contribution >= 4 is 34.3 Å². The Morgan fingerprint density at radius 3 is 2.65 bits per heavy atom. The lowest BCUT2D eigenvalue weighted by Gasteiger charge is -2.39. The molecule has 10 nitrogen and oxygen atoms in total. The fourth-order valence-electron chi connectivity index (χ4n) is 6.15. The highest BCUT2D eigenvalue weighted by Crippen LogP contribution is 2.49. The molecule has 0 spiro atoms. The van der Waals surface area contributed by atoms with Crippen LogP contribution in [0.1, 0.15) is 48.2 Å². The summed E-state index contributed by atoms with van der Waals surface area (Å²) in [5.41, 5.74) is 3.97. The van der Waals surface area contributed by atoms with Crippen molar-refractivity contribution < 1.29 is 23.7 Å². The molecule has 0 saturated carbocycles. The lowest BCUT2D eigenvalue weighted by atomic mass is 10.1. The second-order valence-electron chi connectivity index (χ2n) is 11.4. The van der Waals surface area contributed by atoms with Crippen LogP contribution in [0.2, 0.25) is 5.02 Å². The van der Waals surface area contributed by atoms with Gasteiger partial charge < -0.3 is 28.4 Å². The van der Waals surface area contributed by atoms with E-state index in [1.165, 1.54) is 7.11 Å². The van der Waals surface area contributed by atoms with Gasteiger partial charge in [0, 0.05) is 45.9 Å². The second kappa shape index (κ2) is 11.0. The van der Waals surface area contributed by atoms with Crippen LogP contribution < -0.4 is 14.4 Å². The van der Waals surface area contributed by atoms with Crippen molar-refractivity contribution in [3.8, 4) is 11.5 Å². The number of nitrogens with zero attached hydrogens (tertiary/aromatic N) is 5. The zero-order chi connectivity index (χ0) is 29.7. The van der Waals surface area contributed by atoms with Crippen LogP contribution in [0.3, 0.4) is 0 Å². The number of esters is 1. The summed E-state index contributed by atoms with van der Waals surface area (Å²) >= 11 is 6.05. The Kier molecular flexibility index (Phi) is 7.15. The molecule has 0 aliphatic carbocycles. The Morgan fingerprint density at radius 2 is 1.95 bits per heavy atom. The van der Waals surface area contributed by atoms with Gasteiger partial charge in [-0.15, -0.1) is 0 Å². The van der Waals surface area contributed by atoms with Gasteiger partial charge in [-0.3, -0.25) is 9.88 Å². The summed E-state index contributed by atoms with van der Waals surface area (Å²) < 4.78 is 25.7. The third-order valence-corrected chi connectivity index (χ3v) is 8.93. The van der Waals surface area contributed by atoms with Crippen molar-refractivity contribution in [3.63, 3.8) is 0 Å². The van der Waals surface area contributed by atoms with Gasteiger partial charge in [0.25, 0.3) is 5.79 Å². The van der Waals surface area contributed by atoms with Crippen molar-refractivity contribution in [1.29, 1.82) is 0 Å². The predicted molar refractivity (Wildman–Crippen MR) is 162 cm³/mol. The molecule has 5 heterocycles. The summed E-state index contributed by atoms with van der Waals surface area (Å²) in [7, 11) is 1.40. The number of pyridine rings is 1. The number of benzene rings is 2. The number of aromatic nitrogens is 3. The minimum Gasteiger partial charge on any atom is -0.465 e. The van der Waals surface area contributed by atoms with Gasteiger partial charge in [-0.1, -0.05) is 17.7 Å². The van der Waals surface area contributed by atoms with Gasteiger partial charge in [0.05, 0.1) is 53.1 Å². The SMILES string of the molecule is COC(=O)c1ccc2nc([C@H](C)N3CCN(c4cccc5c4OC(C)(c4ccc(Cl)cn4)O5)CC3)n(C[C@@H]3CCO3)c2c1. The minimum atomic E-state index is -1.03. The lowest BCUT2D eigenvalue weighted by Crippen LogP contribution is -2.47. The first-order chi connectivity index (χ1) is 20.8. The highest BCUT2D eigenvalue weighted by Gasteiger charge is 2.42. The van der Waals surface area contributed by atoms with Crippen LogP contribution in [0.25, 0.3) is 11.0 Å². The van der Waals surface area contributed by atoms with Crippen LogP contribution in [-0.4, -0.2) is 71.4 Å². The van der Waals surface area contributed by atoms with E-state index in [0.29, 0.717) is 28.6 Å². The van der Waals surface area contributed by atoms with E-state index in [2.05, 4.69) is 32.3 Å². The maximum atomic E-state index is 12.3. The number of methoxy groups -OCH3 is 1. The van der Waals surface area contributed by atoms with Crippen LogP contribution in [0.15, 0.2) is 54.7 Å². The minimum absolute atomic E-state index is 0.0662. The molecule has 7 rings (SSSR count). The number of imidazole rings is 1. The average Bonchev–Trinajstić information content (AvgIpc) is 3.55. The summed E-state index contributed by atoms with van der Waals surface area (Å²) in [6, 6.07) is 15.3. The number of hydrogen-bond acceptors (Lipinski definition) is 9. The number of anilines is 1. The first kappa shape index (κ1) is 27.9. The van der Waals surface area contributed by atoms with E-state index in [1.807, 2.05) is 37.3 Å². The molecule has 0 N–H and O–H groups in total. The van der Waals surface area contributed by atoms with Crippen LogP contribution in [0.4, 0.5) is 5.69 Å². The van der Waals surface area contributed by atoms with Gasteiger partial charge in [-0.05, 0) is 55.8 Å². The largest absolute Gasteiger partial charge is 0.465 e. The Morgan fingerprint density at radius 1 is 1.14 bits per heavy atom. The number of piperazine rings is 1. The van der Waals surface area contributed by atoms with Gasteiger partial charge in [-0.25, -0.2) is 9.78 Å². The third kappa shape index (κ3) is 5.07. The monoisotopic (exact) mass is 603 g/mol. The Hall–Kier alpha value is -3.86. The molecule has 11 heteroatoms.